The lowest BCUT2D eigenvalue weighted by Crippen LogP contribution is -2.30. The van der Waals surface area contributed by atoms with E-state index >= 15 is 0 Å². The van der Waals surface area contributed by atoms with E-state index < -0.39 is 16.0 Å². The molecule has 5 nitrogen and oxygen atoms in total. The molecule has 0 aliphatic carbocycles. The first-order valence-corrected chi connectivity index (χ1v) is 8.71. The Morgan fingerprint density at radius 1 is 1.32 bits per heavy atom. The van der Waals surface area contributed by atoms with Gasteiger partial charge in [-0.25, -0.2) is 0 Å². The molecular formula is C15H21ClN2O3S. The van der Waals surface area contributed by atoms with Crippen LogP contribution in [0.25, 0.3) is 0 Å². The number of carbonyl (C=O) groups is 2. The van der Waals surface area contributed by atoms with Gasteiger partial charge in [0.1, 0.15) is 5.25 Å². The number of hydrogen-bond acceptors (Lipinski definition) is 3. The summed E-state index contributed by atoms with van der Waals surface area (Å²) < 4.78 is 12.1. The van der Waals surface area contributed by atoms with Crippen molar-refractivity contribution in [1.29, 1.82) is 0 Å². The summed E-state index contributed by atoms with van der Waals surface area (Å²) in [6, 6.07) is 6.88. The number of amides is 2. The Balaban J connectivity index is 2.47. The first-order chi connectivity index (χ1) is 10.3. The monoisotopic (exact) mass is 344 g/mol. The Morgan fingerprint density at radius 3 is 2.55 bits per heavy atom. The van der Waals surface area contributed by atoms with Crippen molar-refractivity contribution in [2.45, 2.75) is 25.0 Å². The maximum Gasteiger partial charge on any atom is 0.239 e. The largest absolute Gasteiger partial charge is 0.349 e. The minimum Gasteiger partial charge on any atom is -0.349 e. The molecule has 0 aliphatic rings. The van der Waals surface area contributed by atoms with Crippen LogP contribution in [0, 0.1) is 0 Å². The fourth-order valence-electron chi connectivity index (χ4n) is 1.68. The summed E-state index contributed by atoms with van der Waals surface area (Å²) in [5.41, 5.74) is 0.501. The predicted molar refractivity (Wildman–Crippen MR) is 90.5 cm³/mol. The molecule has 7 heteroatoms. The standard InChI is InChI=1S/C15H21ClN2O3S/c1-11(22(21)10-6-9-14(19)18(2)3)15(20)17-13-8-5-4-7-12(13)16/h4-5,7-8,11H,6,9-10H2,1-3H3,(H,17,20)/t11-,22+/m0/s1. The highest BCUT2D eigenvalue weighted by molar-refractivity contribution is 7.86. The molecule has 0 saturated heterocycles. The first-order valence-electron chi connectivity index (χ1n) is 6.95. The van der Waals surface area contributed by atoms with Crippen molar-refractivity contribution in [1.82, 2.24) is 4.90 Å². The van der Waals surface area contributed by atoms with E-state index in [9.17, 15) is 13.8 Å². The second-order valence-corrected chi connectivity index (χ2v) is 7.37. The molecule has 1 rings (SSSR count). The normalized spacial score (nSPS) is 13.3. The van der Waals surface area contributed by atoms with Crippen molar-refractivity contribution in [2.24, 2.45) is 0 Å². The summed E-state index contributed by atoms with van der Waals surface area (Å²) in [7, 11) is 2.03. The molecule has 22 heavy (non-hydrogen) atoms. The maximum atomic E-state index is 12.1. The molecule has 0 aliphatic heterocycles. The summed E-state index contributed by atoms with van der Waals surface area (Å²) >= 11 is 5.97. The Kier molecular flexibility index (Phi) is 7.55. The molecule has 0 radical (unpaired) electrons. The highest BCUT2D eigenvalue weighted by atomic mass is 35.5. The molecule has 0 spiro atoms. The van der Waals surface area contributed by atoms with Crippen molar-refractivity contribution in [3.63, 3.8) is 0 Å². The van der Waals surface area contributed by atoms with E-state index in [0.717, 1.165) is 0 Å². The van der Waals surface area contributed by atoms with Gasteiger partial charge in [0, 0.05) is 37.1 Å². The molecule has 0 saturated carbocycles. The number of carbonyl (C=O) groups excluding carboxylic acids is 2. The molecule has 2 amide bonds. The summed E-state index contributed by atoms with van der Waals surface area (Å²) in [5, 5.41) is 2.44. The summed E-state index contributed by atoms with van der Waals surface area (Å²) in [6.45, 7) is 1.61. The molecule has 2 atom stereocenters. The van der Waals surface area contributed by atoms with Gasteiger partial charge in [0.05, 0.1) is 10.7 Å². The predicted octanol–water partition coefficient (Wildman–Crippen LogP) is 2.28. The molecule has 0 heterocycles. The van der Waals surface area contributed by atoms with Crippen LogP contribution in [0.1, 0.15) is 19.8 Å². The quantitative estimate of drug-likeness (QED) is 0.825. The summed E-state index contributed by atoms with van der Waals surface area (Å²) in [4.78, 5) is 25.0. The van der Waals surface area contributed by atoms with E-state index in [1.165, 1.54) is 4.90 Å². The first kappa shape index (κ1) is 18.6. The number of rotatable bonds is 7. The second kappa shape index (κ2) is 8.90. The molecule has 0 aromatic heterocycles. The van der Waals surface area contributed by atoms with Gasteiger partial charge in [0.25, 0.3) is 0 Å². The van der Waals surface area contributed by atoms with Crippen LogP contribution in [0.15, 0.2) is 24.3 Å². The smallest absolute Gasteiger partial charge is 0.239 e. The lowest BCUT2D eigenvalue weighted by Gasteiger charge is -2.13. The number of benzene rings is 1. The van der Waals surface area contributed by atoms with E-state index in [1.807, 2.05) is 0 Å². The molecule has 0 unspecified atom stereocenters. The molecule has 122 valence electrons. The minimum absolute atomic E-state index is 0.00910. The number of nitrogens with zero attached hydrogens (tertiary/aromatic N) is 1. The van der Waals surface area contributed by atoms with Gasteiger partial charge in [-0.1, -0.05) is 23.7 Å². The molecule has 1 aromatic rings. The van der Waals surface area contributed by atoms with Crippen molar-refractivity contribution >= 4 is 39.9 Å². The van der Waals surface area contributed by atoms with Crippen LogP contribution in [0.4, 0.5) is 5.69 Å². The average molecular weight is 345 g/mol. The van der Waals surface area contributed by atoms with Gasteiger partial charge in [-0.05, 0) is 25.5 Å². The van der Waals surface area contributed by atoms with Crippen molar-refractivity contribution in [3.8, 4) is 0 Å². The third-order valence-corrected chi connectivity index (χ3v) is 5.15. The maximum absolute atomic E-state index is 12.1. The Hall–Kier alpha value is -1.40. The number of nitrogens with one attached hydrogen (secondary N) is 1. The zero-order chi connectivity index (χ0) is 16.7. The lowest BCUT2D eigenvalue weighted by atomic mass is 10.3. The molecule has 0 bridgehead atoms. The van der Waals surface area contributed by atoms with Crippen molar-refractivity contribution < 1.29 is 13.8 Å². The van der Waals surface area contributed by atoms with Gasteiger partial charge in [0.15, 0.2) is 0 Å². The van der Waals surface area contributed by atoms with Gasteiger partial charge in [-0.15, -0.1) is 0 Å². The summed E-state index contributed by atoms with van der Waals surface area (Å²) in [5.74, 6) is -0.0352. The summed E-state index contributed by atoms with van der Waals surface area (Å²) in [6.07, 6.45) is 0.824. The third-order valence-electron chi connectivity index (χ3n) is 3.13. The molecular weight excluding hydrogens is 324 g/mol. The number of para-hydroxylation sites is 1. The van der Waals surface area contributed by atoms with Gasteiger partial charge >= 0.3 is 0 Å². The SMILES string of the molecule is C[C@@H](C(=O)Nc1ccccc1Cl)[S@](=O)CCCC(=O)N(C)C. The van der Waals surface area contributed by atoms with Gasteiger partial charge in [0.2, 0.25) is 11.8 Å². The van der Waals surface area contributed by atoms with Crippen molar-refractivity contribution in [3.05, 3.63) is 29.3 Å². The minimum atomic E-state index is -1.33. The van der Waals surface area contributed by atoms with Crippen LogP contribution in [-0.4, -0.2) is 46.0 Å². The fourth-order valence-corrected chi connectivity index (χ4v) is 2.95. The van der Waals surface area contributed by atoms with Crippen LogP contribution in [0.5, 0.6) is 0 Å². The van der Waals surface area contributed by atoms with E-state index in [1.54, 1.807) is 45.3 Å². The third kappa shape index (κ3) is 5.77. The van der Waals surface area contributed by atoms with Crippen LogP contribution < -0.4 is 5.32 Å². The van der Waals surface area contributed by atoms with Crippen LogP contribution in [0.2, 0.25) is 5.02 Å². The van der Waals surface area contributed by atoms with Crippen LogP contribution in [-0.2, 0) is 20.4 Å². The van der Waals surface area contributed by atoms with E-state index in [-0.39, 0.29) is 11.8 Å². The van der Waals surface area contributed by atoms with E-state index in [4.69, 9.17) is 11.6 Å². The lowest BCUT2D eigenvalue weighted by molar-refractivity contribution is -0.128. The van der Waals surface area contributed by atoms with E-state index in [0.29, 0.717) is 29.3 Å². The second-order valence-electron chi connectivity index (χ2n) is 5.09. The van der Waals surface area contributed by atoms with Gasteiger partial charge in [-0.3, -0.25) is 13.8 Å². The zero-order valence-electron chi connectivity index (χ0n) is 13.0. The molecule has 1 N–H and O–H groups in total. The fraction of sp³-hybridized carbons (Fsp3) is 0.467. The van der Waals surface area contributed by atoms with Gasteiger partial charge in [-0.2, -0.15) is 0 Å². The number of anilines is 1. The van der Waals surface area contributed by atoms with E-state index in [2.05, 4.69) is 5.32 Å². The topological polar surface area (TPSA) is 66.5 Å². The highest BCUT2D eigenvalue weighted by Crippen LogP contribution is 2.20. The van der Waals surface area contributed by atoms with Crippen molar-refractivity contribution in [2.75, 3.05) is 25.2 Å². The van der Waals surface area contributed by atoms with Gasteiger partial charge < -0.3 is 10.2 Å². The zero-order valence-corrected chi connectivity index (χ0v) is 14.5. The Morgan fingerprint density at radius 2 is 1.95 bits per heavy atom. The molecule has 0 fully saturated rings. The Bertz CT molecular complexity index is 563. The Labute approximate surface area is 138 Å². The number of hydrogen-bond donors (Lipinski definition) is 1. The highest BCUT2D eigenvalue weighted by Gasteiger charge is 2.20. The van der Waals surface area contributed by atoms with Crippen LogP contribution >= 0.6 is 11.6 Å². The average Bonchev–Trinajstić information content (AvgIpc) is 2.48. The number of halogens is 1. The van der Waals surface area contributed by atoms with Crippen LogP contribution in [0.3, 0.4) is 0 Å². The molecule has 1 aromatic carbocycles.